The molecule has 0 aliphatic carbocycles. The summed E-state index contributed by atoms with van der Waals surface area (Å²) in [7, 11) is 1.35. The fourth-order valence-corrected chi connectivity index (χ4v) is 4.82. The number of piperidine rings is 1. The van der Waals surface area contributed by atoms with Gasteiger partial charge in [0.25, 0.3) is 0 Å². The molecule has 1 amide bonds. The smallest absolute Gasteiger partial charge is 0.337 e. The molecule has 7 heteroatoms. The van der Waals surface area contributed by atoms with Crippen molar-refractivity contribution in [2.45, 2.75) is 25.3 Å². The number of likely N-dealkylation sites (tertiary alicyclic amines) is 1. The number of rotatable bonds is 5. The topological polar surface area (TPSA) is 71.5 Å². The van der Waals surface area contributed by atoms with Crippen LogP contribution < -0.4 is 5.32 Å². The van der Waals surface area contributed by atoms with E-state index in [1.54, 1.807) is 35.6 Å². The number of benzene rings is 2. The van der Waals surface area contributed by atoms with Crippen molar-refractivity contribution in [3.63, 3.8) is 0 Å². The van der Waals surface area contributed by atoms with Crippen LogP contribution in [0.5, 0.6) is 0 Å². The maximum atomic E-state index is 12.6. The fourth-order valence-electron chi connectivity index (χ4n) is 3.68. The minimum atomic E-state index is -0.394. The summed E-state index contributed by atoms with van der Waals surface area (Å²) in [5.74, 6) is -0.460. The molecule has 4 rings (SSSR count). The normalized spacial score (nSPS) is 17.2. The number of anilines is 1. The molecule has 1 aliphatic rings. The Balaban J connectivity index is 1.43. The minimum absolute atomic E-state index is 0.0659. The summed E-state index contributed by atoms with van der Waals surface area (Å²) in [4.78, 5) is 31.2. The van der Waals surface area contributed by atoms with Crippen molar-refractivity contribution in [2.75, 3.05) is 25.5 Å². The first kappa shape index (κ1) is 19.5. The Labute approximate surface area is 173 Å². The van der Waals surface area contributed by atoms with Crippen molar-refractivity contribution in [1.82, 2.24) is 9.88 Å². The van der Waals surface area contributed by atoms with E-state index in [1.165, 1.54) is 11.8 Å². The van der Waals surface area contributed by atoms with Gasteiger partial charge in [-0.05, 0) is 55.8 Å². The van der Waals surface area contributed by atoms with Gasteiger partial charge in [-0.2, -0.15) is 0 Å². The van der Waals surface area contributed by atoms with Crippen LogP contribution in [0.4, 0.5) is 5.69 Å². The van der Waals surface area contributed by atoms with E-state index >= 15 is 0 Å². The van der Waals surface area contributed by atoms with Crippen molar-refractivity contribution in [1.29, 1.82) is 0 Å². The van der Waals surface area contributed by atoms with Gasteiger partial charge in [0.2, 0.25) is 5.91 Å². The van der Waals surface area contributed by atoms with E-state index in [-0.39, 0.29) is 11.9 Å². The second-order valence-corrected chi connectivity index (χ2v) is 8.18. The Hall–Kier alpha value is -2.77. The number of amides is 1. The number of hydrogen-bond donors (Lipinski definition) is 1. The first-order valence-corrected chi connectivity index (χ1v) is 10.5. The number of hydrogen-bond acceptors (Lipinski definition) is 6. The molecule has 1 aromatic heterocycles. The molecule has 1 aliphatic heterocycles. The van der Waals surface area contributed by atoms with E-state index in [0.717, 1.165) is 36.3 Å². The Kier molecular flexibility index (Phi) is 5.87. The second-order valence-electron chi connectivity index (χ2n) is 7.12. The summed E-state index contributed by atoms with van der Waals surface area (Å²) < 4.78 is 5.88. The summed E-state index contributed by atoms with van der Waals surface area (Å²) in [6.07, 6.45) is 3.25. The van der Waals surface area contributed by atoms with Gasteiger partial charge in [-0.25, -0.2) is 9.78 Å². The summed E-state index contributed by atoms with van der Waals surface area (Å²) >= 11 is 1.72. The highest BCUT2D eigenvalue weighted by atomic mass is 32.1. The van der Waals surface area contributed by atoms with Crippen LogP contribution in [0, 0.1) is 0 Å². The van der Waals surface area contributed by atoms with Crippen LogP contribution in [0.25, 0.3) is 10.2 Å². The molecule has 1 atom stereocenters. The molecule has 6 nitrogen and oxygen atoms in total. The molecule has 3 aromatic rings. The van der Waals surface area contributed by atoms with E-state index in [2.05, 4.69) is 16.3 Å². The highest BCUT2D eigenvalue weighted by Crippen LogP contribution is 2.35. The van der Waals surface area contributed by atoms with Crippen molar-refractivity contribution in [3.05, 3.63) is 59.1 Å². The predicted molar refractivity (Wildman–Crippen MR) is 114 cm³/mol. The average Bonchev–Trinajstić information content (AvgIpc) is 3.18. The van der Waals surface area contributed by atoms with Gasteiger partial charge < -0.3 is 10.1 Å². The van der Waals surface area contributed by atoms with Gasteiger partial charge in [0.15, 0.2) is 0 Å². The van der Waals surface area contributed by atoms with Gasteiger partial charge in [-0.3, -0.25) is 9.69 Å². The molecular formula is C22H23N3O3S. The summed E-state index contributed by atoms with van der Waals surface area (Å²) in [5, 5.41) is 4.01. The summed E-state index contributed by atoms with van der Waals surface area (Å²) in [5.41, 5.74) is 2.14. The number of nitrogens with zero attached hydrogens (tertiary/aromatic N) is 2. The molecule has 1 N–H and O–H groups in total. The largest absolute Gasteiger partial charge is 0.465 e. The molecule has 2 aromatic carbocycles. The maximum absolute atomic E-state index is 12.6. The van der Waals surface area contributed by atoms with Crippen molar-refractivity contribution in [3.8, 4) is 0 Å². The van der Waals surface area contributed by atoms with Gasteiger partial charge in [0.1, 0.15) is 5.01 Å². The quantitative estimate of drug-likeness (QED) is 0.638. The van der Waals surface area contributed by atoms with Gasteiger partial charge in [0.05, 0.1) is 35.5 Å². The molecule has 150 valence electrons. The molecule has 0 saturated carbocycles. The van der Waals surface area contributed by atoms with Gasteiger partial charge >= 0.3 is 5.97 Å². The molecule has 0 spiro atoms. The Morgan fingerprint density at radius 1 is 1.17 bits per heavy atom. The van der Waals surface area contributed by atoms with Crippen molar-refractivity contribution < 1.29 is 14.3 Å². The SMILES string of the molecule is COC(=O)c1ccc(NC(=O)CN2CCCC[C@@H]2c2nc3ccccc3s2)cc1. The number of esters is 1. The van der Waals surface area contributed by atoms with E-state index < -0.39 is 5.97 Å². The number of carbonyl (C=O) groups excluding carboxylic acids is 2. The van der Waals surface area contributed by atoms with E-state index in [1.807, 2.05) is 18.2 Å². The van der Waals surface area contributed by atoms with Crippen LogP contribution in [0.15, 0.2) is 48.5 Å². The van der Waals surface area contributed by atoms with Crippen LogP contribution in [0.2, 0.25) is 0 Å². The number of ether oxygens (including phenoxy) is 1. The third-order valence-electron chi connectivity index (χ3n) is 5.15. The number of aromatic nitrogens is 1. The number of thiazole rings is 1. The lowest BCUT2D eigenvalue weighted by Gasteiger charge is -2.33. The fraction of sp³-hybridized carbons (Fsp3) is 0.318. The first-order valence-electron chi connectivity index (χ1n) is 9.72. The number of fused-ring (bicyclic) bond motifs is 1. The number of methoxy groups -OCH3 is 1. The number of nitrogens with one attached hydrogen (secondary N) is 1. The zero-order valence-corrected chi connectivity index (χ0v) is 17.1. The number of carbonyl (C=O) groups is 2. The van der Waals surface area contributed by atoms with Crippen LogP contribution >= 0.6 is 11.3 Å². The molecule has 29 heavy (non-hydrogen) atoms. The highest BCUT2D eigenvalue weighted by molar-refractivity contribution is 7.18. The molecule has 0 unspecified atom stereocenters. The lowest BCUT2D eigenvalue weighted by molar-refractivity contribution is -0.118. The molecular weight excluding hydrogens is 386 g/mol. The monoisotopic (exact) mass is 409 g/mol. The molecule has 2 heterocycles. The molecule has 0 radical (unpaired) electrons. The highest BCUT2D eigenvalue weighted by Gasteiger charge is 2.28. The van der Waals surface area contributed by atoms with Crippen molar-refractivity contribution in [2.24, 2.45) is 0 Å². The second kappa shape index (κ2) is 8.71. The molecule has 0 bridgehead atoms. The van der Waals surface area contributed by atoms with Crippen molar-refractivity contribution >= 4 is 39.1 Å². The summed E-state index contributed by atoms with van der Waals surface area (Å²) in [6, 6.07) is 15.1. The Morgan fingerprint density at radius 3 is 2.72 bits per heavy atom. The van der Waals surface area contributed by atoms with Gasteiger partial charge in [-0.1, -0.05) is 18.6 Å². The predicted octanol–water partition coefficient (Wildman–Crippen LogP) is 4.25. The summed E-state index contributed by atoms with van der Waals surface area (Å²) in [6.45, 7) is 1.20. The average molecular weight is 410 g/mol. The third-order valence-corrected chi connectivity index (χ3v) is 6.28. The van der Waals surface area contributed by atoms with Crippen LogP contribution in [-0.2, 0) is 9.53 Å². The maximum Gasteiger partial charge on any atom is 0.337 e. The van der Waals surface area contributed by atoms with Crippen LogP contribution in [-0.4, -0.2) is 42.0 Å². The van der Waals surface area contributed by atoms with E-state index in [9.17, 15) is 9.59 Å². The van der Waals surface area contributed by atoms with Gasteiger partial charge in [-0.15, -0.1) is 11.3 Å². The Morgan fingerprint density at radius 2 is 1.97 bits per heavy atom. The Bertz CT molecular complexity index is 983. The lowest BCUT2D eigenvalue weighted by atomic mass is 10.0. The van der Waals surface area contributed by atoms with E-state index in [4.69, 9.17) is 9.72 Å². The zero-order chi connectivity index (χ0) is 20.2. The zero-order valence-electron chi connectivity index (χ0n) is 16.3. The van der Waals surface area contributed by atoms with Crippen LogP contribution in [0.1, 0.15) is 40.7 Å². The molecule has 1 saturated heterocycles. The minimum Gasteiger partial charge on any atom is -0.465 e. The first-order chi connectivity index (χ1) is 14.1. The standard InChI is InChI=1S/C22H23N3O3S/c1-28-22(27)15-9-11-16(12-10-15)23-20(26)14-25-13-5-4-7-18(25)21-24-17-6-2-3-8-19(17)29-21/h2-3,6,8-12,18H,4-5,7,13-14H2,1H3,(H,23,26)/t18-/m1/s1. The lowest BCUT2D eigenvalue weighted by Crippen LogP contribution is -2.39. The van der Waals surface area contributed by atoms with Gasteiger partial charge in [0, 0.05) is 5.69 Å². The number of para-hydroxylation sites is 1. The molecule has 1 fully saturated rings. The van der Waals surface area contributed by atoms with Crippen LogP contribution in [0.3, 0.4) is 0 Å². The third kappa shape index (κ3) is 4.46. The van der Waals surface area contributed by atoms with E-state index in [0.29, 0.717) is 17.8 Å².